The van der Waals surface area contributed by atoms with Crippen molar-refractivity contribution >= 4 is 32.4 Å². The number of rotatable bonds is 5. The van der Waals surface area contributed by atoms with Gasteiger partial charge in [-0.2, -0.15) is 4.31 Å². The summed E-state index contributed by atoms with van der Waals surface area (Å²) >= 11 is 1.31. The van der Waals surface area contributed by atoms with Crippen LogP contribution in [-0.4, -0.2) is 36.7 Å². The van der Waals surface area contributed by atoms with Crippen molar-refractivity contribution in [1.29, 1.82) is 0 Å². The SMILES string of the molecule is CN(C1CCCCC1)S(=O)(=O)c1cccc(C(=O)Nc2nccs2)c1. The molecule has 2 aromatic rings. The molecule has 0 unspecified atom stereocenters. The van der Waals surface area contributed by atoms with Gasteiger partial charge in [0.25, 0.3) is 5.91 Å². The maximum Gasteiger partial charge on any atom is 0.257 e. The maximum atomic E-state index is 12.9. The van der Waals surface area contributed by atoms with Gasteiger partial charge in [-0.05, 0) is 31.0 Å². The molecule has 0 saturated heterocycles. The molecule has 1 saturated carbocycles. The Balaban J connectivity index is 1.80. The number of nitrogens with one attached hydrogen (secondary N) is 1. The Morgan fingerprint density at radius 3 is 2.72 bits per heavy atom. The highest BCUT2D eigenvalue weighted by Crippen LogP contribution is 2.27. The van der Waals surface area contributed by atoms with Crippen molar-refractivity contribution < 1.29 is 13.2 Å². The van der Waals surface area contributed by atoms with E-state index < -0.39 is 10.0 Å². The van der Waals surface area contributed by atoms with Crippen LogP contribution in [0.4, 0.5) is 5.13 Å². The Morgan fingerprint density at radius 2 is 2.04 bits per heavy atom. The number of hydrogen-bond donors (Lipinski definition) is 1. The lowest BCUT2D eigenvalue weighted by Crippen LogP contribution is -2.38. The molecule has 0 radical (unpaired) electrons. The standard InChI is InChI=1S/C17H21N3O3S2/c1-20(14-7-3-2-4-8-14)25(22,23)15-9-5-6-13(12-15)16(21)19-17-18-10-11-24-17/h5-6,9-12,14H,2-4,7-8H2,1H3,(H,18,19,21). The zero-order valence-electron chi connectivity index (χ0n) is 14.0. The van der Waals surface area contributed by atoms with Crippen LogP contribution in [-0.2, 0) is 10.0 Å². The molecule has 6 nitrogen and oxygen atoms in total. The molecule has 0 atom stereocenters. The van der Waals surface area contributed by atoms with Crippen molar-refractivity contribution in [2.45, 2.75) is 43.0 Å². The largest absolute Gasteiger partial charge is 0.298 e. The fourth-order valence-electron chi connectivity index (χ4n) is 3.06. The number of hydrogen-bond acceptors (Lipinski definition) is 5. The van der Waals surface area contributed by atoms with Crippen LogP contribution in [0.1, 0.15) is 42.5 Å². The van der Waals surface area contributed by atoms with Crippen LogP contribution < -0.4 is 5.32 Å². The van der Waals surface area contributed by atoms with Crippen molar-refractivity contribution in [1.82, 2.24) is 9.29 Å². The molecule has 1 aromatic heterocycles. The van der Waals surface area contributed by atoms with Crippen LogP contribution in [0.2, 0.25) is 0 Å². The molecule has 134 valence electrons. The van der Waals surface area contributed by atoms with Crippen molar-refractivity contribution in [2.24, 2.45) is 0 Å². The second-order valence-corrected chi connectivity index (χ2v) is 9.02. The van der Waals surface area contributed by atoms with Gasteiger partial charge in [-0.15, -0.1) is 11.3 Å². The quantitative estimate of drug-likeness (QED) is 0.864. The van der Waals surface area contributed by atoms with E-state index in [2.05, 4.69) is 10.3 Å². The topological polar surface area (TPSA) is 79.4 Å². The van der Waals surface area contributed by atoms with Gasteiger partial charge in [0.1, 0.15) is 0 Å². The van der Waals surface area contributed by atoms with Crippen LogP contribution in [0.15, 0.2) is 40.7 Å². The van der Waals surface area contributed by atoms with E-state index in [0.29, 0.717) is 10.7 Å². The van der Waals surface area contributed by atoms with E-state index in [1.807, 2.05) is 0 Å². The number of aromatic nitrogens is 1. The Hall–Kier alpha value is -1.77. The zero-order chi connectivity index (χ0) is 17.9. The lowest BCUT2D eigenvalue weighted by atomic mass is 9.96. The number of nitrogens with zero attached hydrogens (tertiary/aromatic N) is 2. The molecule has 1 amide bonds. The van der Waals surface area contributed by atoms with Gasteiger partial charge in [0.05, 0.1) is 4.90 Å². The molecular formula is C17H21N3O3S2. The fourth-order valence-corrected chi connectivity index (χ4v) is 5.05. The summed E-state index contributed by atoms with van der Waals surface area (Å²) in [6.07, 6.45) is 6.65. The summed E-state index contributed by atoms with van der Waals surface area (Å²) in [5, 5.41) is 4.91. The van der Waals surface area contributed by atoms with E-state index in [9.17, 15) is 13.2 Å². The average molecular weight is 380 g/mol. The van der Waals surface area contributed by atoms with E-state index in [1.54, 1.807) is 30.8 Å². The highest BCUT2D eigenvalue weighted by molar-refractivity contribution is 7.89. The second-order valence-electron chi connectivity index (χ2n) is 6.13. The Bertz CT molecular complexity index is 829. The molecular weight excluding hydrogens is 358 g/mol. The number of sulfonamides is 1. The van der Waals surface area contributed by atoms with Crippen LogP contribution in [0.3, 0.4) is 0 Å². The molecule has 0 bridgehead atoms. The minimum absolute atomic E-state index is 0.0338. The summed E-state index contributed by atoms with van der Waals surface area (Å²) in [6.45, 7) is 0. The second kappa shape index (κ2) is 7.63. The fraction of sp³-hybridized carbons (Fsp3) is 0.412. The van der Waals surface area contributed by atoms with Gasteiger partial charge in [-0.3, -0.25) is 10.1 Å². The third kappa shape index (κ3) is 4.08. The summed E-state index contributed by atoms with van der Waals surface area (Å²) in [7, 11) is -1.98. The predicted molar refractivity (Wildman–Crippen MR) is 98.3 cm³/mol. The Morgan fingerprint density at radius 1 is 1.28 bits per heavy atom. The first-order valence-corrected chi connectivity index (χ1v) is 10.6. The average Bonchev–Trinajstić information content (AvgIpc) is 3.15. The van der Waals surface area contributed by atoms with Crippen LogP contribution in [0, 0.1) is 0 Å². The van der Waals surface area contributed by atoms with Crippen molar-refractivity contribution in [3.63, 3.8) is 0 Å². The highest BCUT2D eigenvalue weighted by Gasteiger charge is 2.29. The molecule has 1 aromatic carbocycles. The van der Waals surface area contributed by atoms with E-state index in [4.69, 9.17) is 0 Å². The molecule has 0 spiro atoms. The van der Waals surface area contributed by atoms with Crippen molar-refractivity contribution in [2.75, 3.05) is 12.4 Å². The molecule has 0 aliphatic heterocycles. The third-order valence-corrected chi connectivity index (χ3v) is 7.11. The smallest absolute Gasteiger partial charge is 0.257 e. The van der Waals surface area contributed by atoms with Crippen LogP contribution in [0.25, 0.3) is 0 Å². The van der Waals surface area contributed by atoms with Gasteiger partial charge in [0.2, 0.25) is 10.0 Å². The molecule has 1 aliphatic rings. The zero-order valence-corrected chi connectivity index (χ0v) is 15.6. The van der Waals surface area contributed by atoms with E-state index in [-0.39, 0.29) is 16.8 Å². The summed E-state index contributed by atoms with van der Waals surface area (Å²) < 4.78 is 27.3. The van der Waals surface area contributed by atoms with Crippen LogP contribution in [0.5, 0.6) is 0 Å². The van der Waals surface area contributed by atoms with E-state index >= 15 is 0 Å². The van der Waals surface area contributed by atoms with Crippen LogP contribution >= 0.6 is 11.3 Å². The lowest BCUT2D eigenvalue weighted by molar-refractivity contribution is 0.102. The maximum absolute atomic E-state index is 12.9. The molecule has 3 rings (SSSR count). The number of anilines is 1. The molecule has 25 heavy (non-hydrogen) atoms. The Labute approximate surface area is 151 Å². The van der Waals surface area contributed by atoms with Gasteiger partial charge in [-0.1, -0.05) is 25.3 Å². The molecule has 8 heteroatoms. The third-order valence-electron chi connectivity index (χ3n) is 4.51. The highest BCUT2D eigenvalue weighted by atomic mass is 32.2. The molecule has 1 N–H and O–H groups in total. The minimum Gasteiger partial charge on any atom is -0.298 e. The first kappa shape index (κ1) is 18.0. The molecule has 1 fully saturated rings. The number of amides is 1. The Kier molecular flexibility index (Phi) is 5.51. The number of thiazole rings is 1. The number of carbonyl (C=O) groups is 1. The van der Waals surface area contributed by atoms with Gasteiger partial charge in [0, 0.05) is 30.2 Å². The van der Waals surface area contributed by atoms with Crippen molar-refractivity contribution in [3.8, 4) is 0 Å². The summed E-state index contributed by atoms with van der Waals surface area (Å²) in [4.78, 5) is 16.5. The summed E-state index contributed by atoms with van der Waals surface area (Å²) in [5.74, 6) is -0.368. The van der Waals surface area contributed by atoms with Crippen molar-refractivity contribution in [3.05, 3.63) is 41.4 Å². The molecule has 1 aliphatic carbocycles. The number of benzene rings is 1. The minimum atomic E-state index is -3.62. The first-order chi connectivity index (χ1) is 12.0. The van der Waals surface area contributed by atoms with Gasteiger partial charge in [0.15, 0.2) is 5.13 Å². The van der Waals surface area contributed by atoms with Gasteiger partial charge < -0.3 is 0 Å². The predicted octanol–water partition coefficient (Wildman–Crippen LogP) is 3.35. The number of carbonyl (C=O) groups excluding carboxylic acids is 1. The van der Waals surface area contributed by atoms with E-state index in [0.717, 1.165) is 32.1 Å². The normalized spacial score (nSPS) is 16.1. The van der Waals surface area contributed by atoms with Gasteiger partial charge in [-0.25, -0.2) is 13.4 Å². The monoisotopic (exact) mass is 379 g/mol. The summed E-state index contributed by atoms with van der Waals surface area (Å²) in [5.41, 5.74) is 0.299. The first-order valence-electron chi connectivity index (χ1n) is 8.27. The molecule has 1 heterocycles. The van der Waals surface area contributed by atoms with E-state index in [1.165, 1.54) is 27.8 Å². The van der Waals surface area contributed by atoms with Gasteiger partial charge >= 0.3 is 0 Å². The lowest BCUT2D eigenvalue weighted by Gasteiger charge is -2.30. The summed E-state index contributed by atoms with van der Waals surface area (Å²) in [6, 6.07) is 6.19.